The Morgan fingerprint density at radius 2 is 0.884 bits per heavy atom. The summed E-state index contributed by atoms with van der Waals surface area (Å²) in [6.45, 7) is 9.47. The van der Waals surface area contributed by atoms with Gasteiger partial charge in [0.15, 0.2) is 0 Å². The summed E-state index contributed by atoms with van der Waals surface area (Å²) in [5, 5.41) is 0. The second-order valence-electron chi connectivity index (χ2n) is 24.3. The summed E-state index contributed by atoms with van der Waals surface area (Å²) in [6.07, 6.45) is 14.2. The molecule has 0 radical (unpaired) electrons. The van der Waals surface area contributed by atoms with Gasteiger partial charge in [0.25, 0.3) is 0 Å². The lowest BCUT2D eigenvalue weighted by Crippen LogP contribution is -2.39. The van der Waals surface area contributed by atoms with Gasteiger partial charge in [-0.15, -0.1) is 0 Å². The highest BCUT2D eigenvalue weighted by Crippen LogP contribution is 2.70. The zero-order valence-corrected chi connectivity index (χ0v) is 48.8. The van der Waals surface area contributed by atoms with Crippen LogP contribution in [0, 0.1) is 33.1 Å². The predicted octanol–water partition coefficient (Wildman–Crippen LogP) is 21.7. The first-order valence-electron chi connectivity index (χ1n) is 30.5. The Balaban J connectivity index is 1.13. The van der Waals surface area contributed by atoms with Crippen molar-refractivity contribution in [1.82, 2.24) is 0 Å². The summed E-state index contributed by atoms with van der Waals surface area (Å²) in [5.41, 5.74) is 40.8. The third-order valence-corrected chi connectivity index (χ3v) is 19.9. The van der Waals surface area contributed by atoms with E-state index in [-0.39, 0.29) is 0 Å². The first kappa shape index (κ1) is 50.2. The highest BCUT2D eigenvalue weighted by Gasteiger charge is 2.55. The highest BCUT2D eigenvalue weighted by atomic mass is 15.2. The number of anilines is 2. The monoisotopic (exact) mass is 1100 g/mol. The Bertz CT molecular complexity index is 4950. The molecule has 1 unspecified atom stereocenters. The van der Waals surface area contributed by atoms with Crippen molar-refractivity contribution in [3.05, 3.63) is 356 Å². The van der Waals surface area contributed by atoms with Gasteiger partial charge in [0.2, 0.25) is 0 Å². The molecule has 6 aliphatic rings. The first-order chi connectivity index (χ1) is 42.4. The summed E-state index contributed by atoms with van der Waals surface area (Å²) in [5.74, 6) is 0. The van der Waals surface area contributed by atoms with Crippen LogP contribution in [0.1, 0.15) is 77.9 Å². The van der Waals surface area contributed by atoms with Crippen LogP contribution in [0.4, 0.5) is 11.4 Å². The lowest BCUT2D eigenvalue weighted by atomic mass is 9.58. The van der Waals surface area contributed by atoms with E-state index >= 15 is 0 Å². The summed E-state index contributed by atoms with van der Waals surface area (Å²) >= 11 is 0. The maximum Gasteiger partial charge on any atom is 0.0810 e. The molecular formula is C85H61N. The predicted molar refractivity (Wildman–Crippen MR) is 362 cm³/mol. The molecule has 6 aliphatic carbocycles. The van der Waals surface area contributed by atoms with Crippen LogP contribution in [0.2, 0.25) is 0 Å². The lowest BCUT2D eigenvalue weighted by molar-refractivity contribution is 0.682. The van der Waals surface area contributed by atoms with Crippen molar-refractivity contribution < 1.29 is 0 Å². The number of allylic oxidation sites excluding steroid dienone is 7. The molecule has 0 heterocycles. The van der Waals surface area contributed by atoms with Crippen LogP contribution in [0.5, 0.6) is 0 Å². The lowest BCUT2D eigenvalue weighted by Gasteiger charge is -2.50. The van der Waals surface area contributed by atoms with Crippen molar-refractivity contribution in [3.63, 3.8) is 0 Å². The van der Waals surface area contributed by atoms with Crippen molar-refractivity contribution in [2.45, 2.75) is 40.5 Å². The van der Waals surface area contributed by atoms with Crippen LogP contribution in [-0.2, 0) is 12.8 Å². The number of aryl methyl sites for hydroxylation is 2. The molecule has 0 fully saturated rings. The molecule has 1 atom stereocenters. The molecule has 1 nitrogen and oxygen atoms in total. The van der Waals surface area contributed by atoms with E-state index in [1.807, 2.05) is 0 Å². The summed E-state index contributed by atoms with van der Waals surface area (Å²) in [4.78, 5) is 2.82. The second-order valence-corrected chi connectivity index (χ2v) is 24.3. The molecule has 0 aliphatic heterocycles. The van der Waals surface area contributed by atoms with E-state index in [9.17, 15) is 0 Å². The fourth-order valence-corrected chi connectivity index (χ4v) is 15.8. The number of nitrogens with zero attached hydrogens (tertiary/aromatic N) is 1. The standard InChI is InChI=1S/C85H61N/c1-52-44-45-78(79(54(52)3)71-41-23-40-68-63-34-15-11-29-58(63)48-73(68)71)86(77-43-22-21-37-66(77)57-27-9-6-10-28-57)84-83(80-55(4)53(2)47-72-65-36-17-12-30-59(65)49-74(72)80)82(70-39-20-19-33-62(70)56-25-7-5-8-26-56)81-67-38-18-14-32-61(67)51-76(81)85(84)46-24-42-69-64-35-16-13-31-60(64)50-75(69)85/h5-47,50-51H,48-49H2,1-4H3. The molecule has 0 saturated heterocycles. The summed E-state index contributed by atoms with van der Waals surface area (Å²) < 4.78 is 0. The van der Waals surface area contributed by atoms with Gasteiger partial charge in [0.05, 0.1) is 22.5 Å². The molecule has 11 aromatic carbocycles. The van der Waals surface area contributed by atoms with Gasteiger partial charge in [-0.05, 0) is 210 Å². The molecule has 406 valence electrons. The van der Waals surface area contributed by atoms with E-state index in [4.69, 9.17) is 0 Å². The zero-order valence-electron chi connectivity index (χ0n) is 48.8. The maximum atomic E-state index is 2.82. The number of para-hydroxylation sites is 1. The molecule has 1 spiro atoms. The van der Waals surface area contributed by atoms with Gasteiger partial charge in [-0.3, -0.25) is 0 Å². The van der Waals surface area contributed by atoms with Crippen molar-refractivity contribution in [2.75, 3.05) is 4.90 Å². The van der Waals surface area contributed by atoms with Gasteiger partial charge in [-0.25, -0.2) is 0 Å². The van der Waals surface area contributed by atoms with Crippen LogP contribution >= 0.6 is 0 Å². The fraction of sp³-hybridized carbons (Fsp3) is 0.0824. The van der Waals surface area contributed by atoms with E-state index in [1.54, 1.807) is 0 Å². The van der Waals surface area contributed by atoms with Crippen molar-refractivity contribution >= 4 is 45.8 Å². The quantitative estimate of drug-likeness (QED) is 0.147. The second kappa shape index (κ2) is 19.4. The molecule has 0 aromatic heterocycles. The van der Waals surface area contributed by atoms with E-state index in [0.717, 1.165) is 35.3 Å². The van der Waals surface area contributed by atoms with Crippen molar-refractivity contribution in [1.29, 1.82) is 0 Å². The van der Waals surface area contributed by atoms with Gasteiger partial charge in [0.1, 0.15) is 0 Å². The SMILES string of the molecule is Cc1cc2c(c(C3=C(N(c4ccccc4-c4ccccc4)c4ccc(C)c(C)c4-c4cccc5c4Cc4ccccc4-5)C4(C=CC=C5C4=Cc4ccccc45)C4=Cc5ccccc5C4=C3c3ccccc3-c3ccccc3)c1C)Cc1ccccc1-2. The Hall–Kier alpha value is -10.3. The van der Waals surface area contributed by atoms with Gasteiger partial charge in [-0.2, -0.15) is 0 Å². The Morgan fingerprint density at radius 3 is 1.62 bits per heavy atom. The van der Waals surface area contributed by atoms with Gasteiger partial charge >= 0.3 is 0 Å². The first-order valence-corrected chi connectivity index (χ1v) is 30.5. The average molecular weight is 1100 g/mol. The average Bonchev–Trinajstić information content (AvgIpc) is 1.29. The van der Waals surface area contributed by atoms with Gasteiger partial charge in [0, 0.05) is 22.3 Å². The number of fused-ring (bicyclic) bond motifs is 14. The van der Waals surface area contributed by atoms with Gasteiger partial charge in [-0.1, -0.05) is 249 Å². The Morgan fingerprint density at radius 1 is 0.349 bits per heavy atom. The number of hydrogen-bond donors (Lipinski definition) is 0. The maximum absolute atomic E-state index is 2.82. The Labute approximate surface area is 505 Å². The van der Waals surface area contributed by atoms with Crippen LogP contribution < -0.4 is 4.90 Å². The smallest absolute Gasteiger partial charge is 0.0810 e. The summed E-state index contributed by atoms with van der Waals surface area (Å²) in [7, 11) is 0. The van der Waals surface area contributed by atoms with E-state index in [0.29, 0.717) is 0 Å². The van der Waals surface area contributed by atoms with Gasteiger partial charge < -0.3 is 4.90 Å². The molecule has 0 saturated carbocycles. The highest BCUT2D eigenvalue weighted by molar-refractivity contribution is 6.28. The van der Waals surface area contributed by atoms with Crippen LogP contribution in [0.25, 0.3) is 90.1 Å². The Kier molecular flexibility index (Phi) is 11.3. The molecule has 86 heavy (non-hydrogen) atoms. The van der Waals surface area contributed by atoms with Crippen LogP contribution in [0.3, 0.4) is 0 Å². The molecule has 1 heteroatoms. The minimum absolute atomic E-state index is 0.815. The molecule has 0 bridgehead atoms. The molecular weight excluding hydrogens is 1030 g/mol. The molecule has 17 rings (SSSR count). The minimum Gasteiger partial charge on any atom is -0.311 e. The topological polar surface area (TPSA) is 3.24 Å². The van der Waals surface area contributed by atoms with Crippen LogP contribution in [0.15, 0.2) is 278 Å². The van der Waals surface area contributed by atoms with Crippen molar-refractivity contribution in [3.8, 4) is 55.6 Å². The third-order valence-electron chi connectivity index (χ3n) is 19.9. The normalized spacial score (nSPS) is 16.2. The van der Waals surface area contributed by atoms with Crippen molar-refractivity contribution in [2.24, 2.45) is 5.41 Å². The number of hydrogen-bond acceptors (Lipinski definition) is 1. The number of benzene rings is 11. The third kappa shape index (κ3) is 7.25. The number of rotatable bonds is 8. The fourth-order valence-electron chi connectivity index (χ4n) is 15.8. The van der Waals surface area contributed by atoms with Crippen LogP contribution in [-0.4, -0.2) is 0 Å². The summed E-state index contributed by atoms with van der Waals surface area (Å²) in [6, 6.07) is 91.9. The largest absolute Gasteiger partial charge is 0.311 e. The van der Waals surface area contributed by atoms with E-state index in [2.05, 4.69) is 306 Å². The molecule has 0 N–H and O–H groups in total. The van der Waals surface area contributed by atoms with E-state index < -0.39 is 5.41 Å². The van der Waals surface area contributed by atoms with E-state index in [1.165, 1.54) is 162 Å². The molecule has 0 amide bonds. The zero-order chi connectivity index (χ0) is 57.4. The minimum atomic E-state index is -0.902. The molecule has 11 aromatic rings.